The lowest BCUT2D eigenvalue weighted by atomic mass is 10.0. The Morgan fingerprint density at radius 2 is 1.89 bits per heavy atom. The van der Waals surface area contributed by atoms with Crippen molar-refractivity contribution in [1.82, 2.24) is 5.32 Å². The van der Waals surface area contributed by atoms with Crippen LogP contribution in [0.25, 0.3) is 0 Å². The first-order valence-electron chi connectivity index (χ1n) is 6.16. The van der Waals surface area contributed by atoms with Gasteiger partial charge in [-0.3, -0.25) is 9.59 Å². The van der Waals surface area contributed by atoms with Crippen molar-refractivity contribution in [1.29, 1.82) is 0 Å². The lowest BCUT2D eigenvalue weighted by Crippen LogP contribution is -2.38. The minimum absolute atomic E-state index is 0.0188. The maximum absolute atomic E-state index is 12.9. The lowest BCUT2D eigenvalue weighted by Gasteiger charge is -2.16. The van der Waals surface area contributed by atoms with E-state index >= 15 is 0 Å². The van der Waals surface area contributed by atoms with Crippen LogP contribution >= 0.6 is 0 Å². The van der Waals surface area contributed by atoms with Gasteiger partial charge in [0, 0.05) is 5.92 Å². The van der Waals surface area contributed by atoms with Gasteiger partial charge in [-0.25, -0.2) is 4.39 Å². The zero-order valence-electron chi connectivity index (χ0n) is 10.9. The molecule has 0 aliphatic heterocycles. The highest BCUT2D eigenvalue weighted by molar-refractivity contribution is 5.90. The average Bonchev–Trinajstić information content (AvgIpc) is 2.96. The van der Waals surface area contributed by atoms with Gasteiger partial charge >= 0.3 is 0 Å². The van der Waals surface area contributed by atoms with Gasteiger partial charge in [0.1, 0.15) is 11.9 Å². The Bertz CT molecular complexity index is 511. The van der Waals surface area contributed by atoms with Crippen molar-refractivity contribution in [3.05, 3.63) is 35.6 Å². The number of halogens is 1. The third-order valence-electron chi connectivity index (χ3n) is 3.60. The van der Waals surface area contributed by atoms with Crippen LogP contribution in [0.4, 0.5) is 4.39 Å². The fourth-order valence-electron chi connectivity index (χ4n) is 2.13. The molecule has 0 saturated heterocycles. The summed E-state index contributed by atoms with van der Waals surface area (Å²) < 4.78 is 12.9. The molecule has 0 radical (unpaired) electrons. The summed E-state index contributed by atoms with van der Waals surface area (Å²) in [5.74, 6) is -1.33. The first-order valence-corrected chi connectivity index (χ1v) is 6.16. The number of carbonyl (C=O) groups is 2. The molecule has 102 valence electrons. The fourth-order valence-corrected chi connectivity index (χ4v) is 2.13. The molecule has 1 aliphatic rings. The van der Waals surface area contributed by atoms with E-state index in [1.165, 1.54) is 24.3 Å². The fraction of sp³-hybridized carbons (Fsp3) is 0.429. The summed E-state index contributed by atoms with van der Waals surface area (Å²) in [6.07, 6.45) is 0.799. The van der Waals surface area contributed by atoms with Crippen molar-refractivity contribution < 1.29 is 14.0 Å². The second kappa shape index (κ2) is 4.64. The summed E-state index contributed by atoms with van der Waals surface area (Å²) in [6.45, 7) is 3.99. The number of nitrogens with two attached hydrogens (primary N) is 1. The smallest absolute Gasteiger partial charge is 0.244 e. The molecule has 2 rings (SSSR count). The quantitative estimate of drug-likeness (QED) is 0.865. The van der Waals surface area contributed by atoms with Crippen LogP contribution in [0.1, 0.15) is 31.9 Å². The number of primary amides is 1. The topological polar surface area (TPSA) is 72.2 Å². The molecule has 1 saturated carbocycles. The second-order valence-corrected chi connectivity index (χ2v) is 5.64. The summed E-state index contributed by atoms with van der Waals surface area (Å²) in [6, 6.07) is 4.45. The van der Waals surface area contributed by atoms with Gasteiger partial charge in [-0.1, -0.05) is 26.0 Å². The highest BCUT2D eigenvalue weighted by Crippen LogP contribution is 2.51. The second-order valence-electron chi connectivity index (χ2n) is 5.64. The molecule has 0 aromatic heterocycles. The van der Waals surface area contributed by atoms with Crippen LogP contribution in [0.2, 0.25) is 0 Å². The molecule has 5 heteroatoms. The van der Waals surface area contributed by atoms with Crippen molar-refractivity contribution in [2.75, 3.05) is 0 Å². The zero-order valence-corrected chi connectivity index (χ0v) is 10.9. The number of hydrogen-bond donors (Lipinski definition) is 2. The Kier molecular flexibility index (Phi) is 3.30. The van der Waals surface area contributed by atoms with E-state index in [0.29, 0.717) is 5.56 Å². The predicted molar refractivity (Wildman–Crippen MR) is 68.4 cm³/mol. The van der Waals surface area contributed by atoms with Crippen LogP contribution in [0.15, 0.2) is 24.3 Å². The van der Waals surface area contributed by atoms with E-state index in [9.17, 15) is 14.0 Å². The van der Waals surface area contributed by atoms with Crippen LogP contribution in [0, 0.1) is 17.2 Å². The molecule has 2 atom stereocenters. The van der Waals surface area contributed by atoms with E-state index in [-0.39, 0.29) is 17.2 Å². The molecule has 1 aliphatic carbocycles. The molecule has 0 bridgehead atoms. The molecular formula is C14H17FN2O2. The van der Waals surface area contributed by atoms with Gasteiger partial charge in [0.05, 0.1) is 0 Å². The molecule has 1 fully saturated rings. The van der Waals surface area contributed by atoms with Crippen LogP contribution in [0.3, 0.4) is 0 Å². The first-order chi connectivity index (χ1) is 8.81. The molecule has 3 N–H and O–H groups in total. The Morgan fingerprint density at radius 3 is 2.32 bits per heavy atom. The summed E-state index contributed by atoms with van der Waals surface area (Å²) in [4.78, 5) is 23.4. The van der Waals surface area contributed by atoms with E-state index in [4.69, 9.17) is 5.73 Å². The summed E-state index contributed by atoms with van der Waals surface area (Å²) in [5, 5.41) is 2.63. The van der Waals surface area contributed by atoms with E-state index in [0.717, 1.165) is 6.42 Å². The molecule has 1 aromatic carbocycles. The number of rotatable bonds is 4. The maximum Gasteiger partial charge on any atom is 0.244 e. The van der Waals surface area contributed by atoms with E-state index in [1.807, 2.05) is 13.8 Å². The highest BCUT2D eigenvalue weighted by atomic mass is 19.1. The van der Waals surface area contributed by atoms with E-state index < -0.39 is 17.8 Å². The largest absolute Gasteiger partial charge is 0.368 e. The molecule has 0 heterocycles. The van der Waals surface area contributed by atoms with Crippen LogP contribution < -0.4 is 11.1 Å². The number of benzene rings is 1. The summed E-state index contributed by atoms with van der Waals surface area (Å²) in [7, 11) is 0. The standard InChI is InChI=1S/C14H17FN2O2/c1-14(2)7-10(14)13(19)17-11(12(16)18)8-3-5-9(15)6-4-8/h3-6,10-11H,7H2,1-2H3,(H2,16,18)(H,17,19). The van der Waals surface area contributed by atoms with Gasteiger partial charge in [-0.2, -0.15) is 0 Å². The molecule has 2 amide bonds. The number of hydrogen-bond acceptors (Lipinski definition) is 2. The zero-order chi connectivity index (χ0) is 14.2. The van der Waals surface area contributed by atoms with Gasteiger partial charge in [0.2, 0.25) is 11.8 Å². The first kappa shape index (κ1) is 13.5. The maximum atomic E-state index is 12.9. The van der Waals surface area contributed by atoms with E-state index in [1.54, 1.807) is 0 Å². The Balaban J connectivity index is 2.11. The Hall–Kier alpha value is -1.91. The molecule has 2 unspecified atom stereocenters. The average molecular weight is 264 g/mol. The van der Waals surface area contributed by atoms with Crippen molar-refractivity contribution in [2.45, 2.75) is 26.3 Å². The number of nitrogens with one attached hydrogen (secondary N) is 1. The third kappa shape index (κ3) is 2.92. The number of amides is 2. The molecule has 4 nitrogen and oxygen atoms in total. The van der Waals surface area contributed by atoms with Crippen molar-refractivity contribution in [3.63, 3.8) is 0 Å². The SMILES string of the molecule is CC1(C)CC1C(=O)NC(C(N)=O)c1ccc(F)cc1. The van der Waals surface area contributed by atoms with Gasteiger partial charge < -0.3 is 11.1 Å². The van der Waals surface area contributed by atoms with Gasteiger partial charge in [0.15, 0.2) is 0 Å². The Labute approximate surface area is 111 Å². The van der Waals surface area contributed by atoms with Crippen LogP contribution in [-0.2, 0) is 9.59 Å². The monoisotopic (exact) mass is 264 g/mol. The lowest BCUT2D eigenvalue weighted by molar-refractivity contribution is -0.128. The highest BCUT2D eigenvalue weighted by Gasteiger charge is 2.51. The molecule has 0 spiro atoms. The third-order valence-corrected chi connectivity index (χ3v) is 3.60. The summed E-state index contributed by atoms with van der Waals surface area (Å²) in [5.41, 5.74) is 5.76. The minimum Gasteiger partial charge on any atom is -0.368 e. The van der Waals surface area contributed by atoms with Crippen LogP contribution in [0.5, 0.6) is 0 Å². The van der Waals surface area contributed by atoms with Gasteiger partial charge in [-0.05, 0) is 29.5 Å². The normalized spacial score (nSPS) is 21.5. The molecular weight excluding hydrogens is 247 g/mol. The van der Waals surface area contributed by atoms with Crippen molar-refractivity contribution in [3.8, 4) is 0 Å². The van der Waals surface area contributed by atoms with Gasteiger partial charge in [-0.15, -0.1) is 0 Å². The summed E-state index contributed by atoms with van der Waals surface area (Å²) >= 11 is 0. The van der Waals surface area contributed by atoms with Crippen LogP contribution in [-0.4, -0.2) is 11.8 Å². The molecule has 1 aromatic rings. The van der Waals surface area contributed by atoms with Gasteiger partial charge in [0.25, 0.3) is 0 Å². The number of carbonyl (C=O) groups excluding carboxylic acids is 2. The van der Waals surface area contributed by atoms with E-state index in [2.05, 4.69) is 5.32 Å². The molecule has 19 heavy (non-hydrogen) atoms. The predicted octanol–water partition coefficient (Wildman–Crippen LogP) is 1.51. The minimum atomic E-state index is -0.913. The van der Waals surface area contributed by atoms with Crippen molar-refractivity contribution in [2.24, 2.45) is 17.1 Å². The Morgan fingerprint density at radius 1 is 1.37 bits per heavy atom. The van der Waals surface area contributed by atoms with Crippen molar-refractivity contribution >= 4 is 11.8 Å².